The minimum atomic E-state index is 0.602. The second-order valence-electron chi connectivity index (χ2n) is 12.8. The molecule has 0 amide bonds. The smallest absolute Gasteiger partial charge is 0.164 e. The van der Waals surface area contributed by atoms with Crippen LogP contribution in [0.1, 0.15) is 0 Å². The summed E-state index contributed by atoms with van der Waals surface area (Å²) < 4.78 is 6.53. The van der Waals surface area contributed by atoms with Gasteiger partial charge in [0, 0.05) is 27.5 Å². The van der Waals surface area contributed by atoms with Gasteiger partial charge in [-0.15, -0.1) is 0 Å². The van der Waals surface area contributed by atoms with Crippen LogP contribution in [0, 0.1) is 0 Å². The Bertz CT molecular complexity index is 2900. The summed E-state index contributed by atoms with van der Waals surface area (Å²) in [6.07, 6.45) is 0. The van der Waals surface area contributed by atoms with Crippen molar-refractivity contribution in [2.75, 3.05) is 0 Å². The van der Waals surface area contributed by atoms with Gasteiger partial charge >= 0.3 is 0 Å². The monoisotopic (exact) mass is 651 g/mol. The molecular weight excluding hydrogens is 623 g/mol. The van der Waals surface area contributed by atoms with Crippen molar-refractivity contribution in [3.8, 4) is 56.4 Å². The molecule has 0 aliphatic rings. The number of furan rings is 1. The minimum absolute atomic E-state index is 0.602. The van der Waals surface area contributed by atoms with Crippen LogP contribution in [0.15, 0.2) is 180 Å². The van der Waals surface area contributed by atoms with E-state index in [1.807, 2.05) is 48.5 Å². The van der Waals surface area contributed by atoms with Crippen LogP contribution in [0.25, 0.3) is 99.9 Å². The van der Waals surface area contributed by atoms with E-state index in [0.717, 1.165) is 60.5 Å². The SMILES string of the molecule is c1ccc(-c2ccc(-c3ccc4c(c3)oc3cccc(-c5nc(-c6ccccc6)nc(-c6cc7ccccc7c7ccccc67)n5)c34)cc2)cc1. The maximum atomic E-state index is 6.53. The van der Waals surface area contributed by atoms with Gasteiger partial charge in [0.2, 0.25) is 0 Å². The van der Waals surface area contributed by atoms with Crippen molar-refractivity contribution >= 4 is 43.5 Å². The number of benzene rings is 8. The Morgan fingerprint density at radius 2 is 0.882 bits per heavy atom. The normalized spacial score (nSPS) is 11.5. The number of rotatable bonds is 5. The van der Waals surface area contributed by atoms with Gasteiger partial charge in [0.25, 0.3) is 0 Å². The van der Waals surface area contributed by atoms with Crippen molar-refractivity contribution in [2.24, 2.45) is 0 Å². The first-order chi connectivity index (χ1) is 25.3. The second-order valence-corrected chi connectivity index (χ2v) is 12.8. The lowest BCUT2D eigenvalue weighted by Crippen LogP contribution is -2.01. The van der Waals surface area contributed by atoms with E-state index < -0.39 is 0 Å². The molecule has 51 heavy (non-hydrogen) atoms. The molecule has 0 radical (unpaired) electrons. The lowest BCUT2D eigenvalue weighted by Gasteiger charge is -2.12. The highest BCUT2D eigenvalue weighted by molar-refractivity contribution is 6.14. The average Bonchev–Trinajstić information content (AvgIpc) is 3.59. The van der Waals surface area contributed by atoms with Crippen molar-refractivity contribution in [3.63, 3.8) is 0 Å². The van der Waals surface area contributed by atoms with Crippen LogP contribution in [-0.4, -0.2) is 15.0 Å². The number of nitrogens with zero attached hydrogens (tertiary/aromatic N) is 3. The molecule has 2 aromatic heterocycles. The molecule has 0 saturated heterocycles. The average molecular weight is 652 g/mol. The van der Waals surface area contributed by atoms with E-state index in [1.165, 1.54) is 21.9 Å². The summed E-state index contributed by atoms with van der Waals surface area (Å²) in [5.74, 6) is 1.86. The van der Waals surface area contributed by atoms with Crippen LogP contribution >= 0.6 is 0 Å². The fourth-order valence-electron chi connectivity index (χ4n) is 7.25. The lowest BCUT2D eigenvalue weighted by atomic mass is 9.96. The zero-order valence-corrected chi connectivity index (χ0v) is 27.5. The van der Waals surface area contributed by atoms with Gasteiger partial charge in [-0.1, -0.05) is 152 Å². The molecule has 0 saturated carbocycles. The van der Waals surface area contributed by atoms with E-state index in [-0.39, 0.29) is 0 Å². The number of hydrogen-bond donors (Lipinski definition) is 0. The number of hydrogen-bond acceptors (Lipinski definition) is 4. The quantitative estimate of drug-likeness (QED) is 0.174. The molecule has 4 heteroatoms. The minimum Gasteiger partial charge on any atom is -0.456 e. The molecule has 0 fully saturated rings. The highest BCUT2D eigenvalue weighted by Crippen LogP contribution is 2.40. The van der Waals surface area contributed by atoms with Gasteiger partial charge in [0.1, 0.15) is 11.2 Å². The van der Waals surface area contributed by atoms with E-state index >= 15 is 0 Å². The third-order valence-corrected chi connectivity index (χ3v) is 9.74. The van der Waals surface area contributed by atoms with Crippen LogP contribution in [0.5, 0.6) is 0 Å². The molecule has 10 aromatic rings. The summed E-state index contributed by atoms with van der Waals surface area (Å²) in [4.78, 5) is 15.5. The first kappa shape index (κ1) is 29.0. The fraction of sp³-hybridized carbons (Fsp3) is 0. The maximum absolute atomic E-state index is 6.53. The molecule has 0 N–H and O–H groups in total. The fourth-order valence-corrected chi connectivity index (χ4v) is 7.25. The number of aromatic nitrogens is 3. The zero-order valence-electron chi connectivity index (χ0n) is 27.5. The van der Waals surface area contributed by atoms with E-state index in [9.17, 15) is 0 Å². The van der Waals surface area contributed by atoms with E-state index in [2.05, 4.69) is 127 Å². The molecule has 0 aliphatic carbocycles. The van der Waals surface area contributed by atoms with Crippen LogP contribution in [0.3, 0.4) is 0 Å². The molecule has 0 bridgehead atoms. The van der Waals surface area contributed by atoms with Gasteiger partial charge in [-0.2, -0.15) is 0 Å². The van der Waals surface area contributed by atoms with E-state index in [4.69, 9.17) is 19.4 Å². The molecule has 0 atom stereocenters. The summed E-state index contributed by atoms with van der Waals surface area (Å²) >= 11 is 0. The summed E-state index contributed by atoms with van der Waals surface area (Å²) in [6.45, 7) is 0. The molecule has 0 unspecified atom stereocenters. The Balaban J connectivity index is 1.14. The summed E-state index contributed by atoms with van der Waals surface area (Å²) in [5, 5.41) is 6.62. The van der Waals surface area contributed by atoms with E-state index in [1.54, 1.807) is 0 Å². The van der Waals surface area contributed by atoms with Crippen LogP contribution in [0.2, 0.25) is 0 Å². The molecule has 10 rings (SSSR count). The van der Waals surface area contributed by atoms with Gasteiger partial charge in [0.15, 0.2) is 17.5 Å². The molecule has 2 heterocycles. The zero-order chi connectivity index (χ0) is 33.7. The van der Waals surface area contributed by atoms with Gasteiger partial charge in [-0.25, -0.2) is 15.0 Å². The van der Waals surface area contributed by atoms with Crippen molar-refractivity contribution in [2.45, 2.75) is 0 Å². The molecule has 8 aromatic carbocycles. The largest absolute Gasteiger partial charge is 0.456 e. The van der Waals surface area contributed by atoms with Crippen molar-refractivity contribution < 1.29 is 4.42 Å². The number of fused-ring (bicyclic) bond motifs is 6. The molecule has 0 spiro atoms. The van der Waals surface area contributed by atoms with Crippen LogP contribution < -0.4 is 0 Å². The Kier molecular flexibility index (Phi) is 6.78. The first-order valence-corrected chi connectivity index (χ1v) is 17.1. The molecular formula is C47H29N3O. The van der Waals surface area contributed by atoms with Crippen LogP contribution in [0.4, 0.5) is 0 Å². The molecule has 238 valence electrons. The predicted molar refractivity (Wildman–Crippen MR) is 209 cm³/mol. The molecule has 0 aliphatic heterocycles. The van der Waals surface area contributed by atoms with Crippen LogP contribution in [-0.2, 0) is 0 Å². The summed E-state index contributed by atoms with van der Waals surface area (Å²) in [6, 6.07) is 61.0. The first-order valence-electron chi connectivity index (χ1n) is 17.1. The Morgan fingerprint density at radius 3 is 1.65 bits per heavy atom. The Hall–Kier alpha value is -6.91. The highest BCUT2D eigenvalue weighted by atomic mass is 16.3. The lowest BCUT2D eigenvalue weighted by molar-refractivity contribution is 0.669. The summed E-state index contributed by atoms with van der Waals surface area (Å²) in [7, 11) is 0. The summed E-state index contributed by atoms with van der Waals surface area (Å²) in [5.41, 5.74) is 9.04. The predicted octanol–water partition coefficient (Wildman–Crippen LogP) is 12.4. The second kappa shape index (κ2) is 11.9. The van der Waals surface area contributed by atoms with Gasteiger partial charge in [0.05, 0.1) is 0 Å². The standard InChI is InChI=1S/C47H29N3O/c1-3-12-30(13-4-1)31-22-24-32(25-23-31)34-26-27-39-43(29-34)51-42-21-11-20-40(44(39)42)46-48-45(33-14-5-2-6-15-33)49-47(50-46)41-28-35-16-7-8-17-36(35)37-18-9-10-19-38(37)41/h1-29H. The highest BCUT2D eigenvalue weighted by Gasteiger charge is 2.19. The van der Waals surface area contributed by atoms with Crippen molar-refractivity contribution in [3.05, 3.63) is 176 Å². The Morgan fingerprint density at radius 1 is 0.314 bits per heavy atom. The Labute approximate surface area is 294 Å². The van der Waals surface area contributed by atoms with Crippen molar-refractivity contribution in [1.29, 1.82) is 0 Å². The van der Waals surface area contributed by atoms with E-state index in [0.29, 0.717) is 17.5 Å². The van der Waals surface area contributed by atoms with Gasteiger partial charge < -0.3 is 4.42 Å². The topological polar surface area (TPSA) is 51.8 Å². The third kappa shape index (κ3) is 5.04. The third-order valence-electron chi connectivity index (χ3n) is 9.74. The van der Waals surface area contributed by atoms with Crippen molar-refractivity contribution in [1.82, 2.24) is 15.0 Å². The van der Waals surface area contributed by atoms with Gasteiger partial charge in [-0.3, -0.25) is 0 Å². The molecule has 4 nitrogen and oxygen atoms in total. The maximum Gasteiger partial charge on any atom is 0.164 e. The van der Waals surface area contributed by atoms with Gasteiger partial charge in [-0.05, 0) is 68.1 Å².